The minimum absolute atomic E-state index is 0.290. The Kier molecular flexibility index (Phi) is 3.02. The molecule has 0 spiro atoms. The van der Waals surface area contributed by atoms with Crippen molar-refractivity contribution in [2.24, 2.45) is 11.7 Å². The molecule has 0 atom stereocenters. The summed E-state index contributed by atoms with van der Waals surface area (Å²) in [5, 5.41) is 0. The largest absolute Gasteiger partial charge is 0.367 e. The lowest BCUT2D eigenvalue weighted by molar-refractivity contribution is 0.234. The molecule has 1 aliphatic heterocycles. The highest BCUT2D eigenvalue weighted by molar-refractivity contribution is 7.91. The van der Waals surface area contributed by atoms with E-state index in [0.717, 1.165) is 12.8 Å². The molecule has 0 amide bonds. The van der Waals surface area contributed by atoms with E-state index in [1.165, 1.54) is 12.1 Å². The van der Waals surface area contributed by atoms with E-state index in [-0.39, 0.29) is 10.4 Å². The zero-order valence-electron chi connectivity index (χ0n) is 10.8. The van der Waals surface area contributed by atoms with Gasteiger partial charge in [-0.3, -0.25) is 0 Å². The summed E-state index contributed by atoms with van der Waals surface area (Å²) in [7, 11) is -4.59. The van der Waals surface area contributed by atoms with E-state index >= 15 is 0 Å². The van der Waals surface area contributed by atoms with E-state index in [9.17, 15) is 17.2 Å². The van der Waals surface area contributed by atoms with Gasteiger partial charge in [-0.25, -0.2) is 8.42 Å². The van der Waals surface area contributed by atoms with Gasteiger partial charge in [0, 0.05) is 13.1 Å². The lowest BCUT2D eigenvalue weighted by atomic mass is 9.85. The predicted octanol–water partition coefficient (Wildman–Crippen LogP) is 1.61. The van der Waals surface area contributed by atoms with Crippen molar-refractivity contribution in [1.82, 2.24) is 0 Å². The number of nitrogens with two attached hydrogens (primary N) is 1. The van der Waals surface area contributed by atoms with E-state index < -0.39 is 15.6 Å². The Morgan fingerprint density at radius 1 is 1.25 bits per heavy atom. The van der Waals surface area contributed by atoms with Crippen LogP contribution in [0.3, 0.4) is 0 Å². The first kappa shape index (κ1) is 13.8. The van der Waals surface area contributed by atoms with Crippen LogP contribution in [0.1, 0.15) is 12.8 Å². The maximum atomic E-state index is 12.7. The van der Waals surface area contributed by atoms with Crippen molar-refractivity contribution in [2.75, 3.05) is 18.0 Å². The molecule has 0 bridgehead atoms. The zero-order valence-corrected chi connectivity index (χ0v) is 11.6. The number of hydrogen-bond acceptors (Lipinski definition) is 4. The average Bonchev–Trinajstić information content (AvgIpc) is 3.19. The summed E-state index contributed by atoms with van der Waals surface area (Å²) in [4.78, 5) is 1.46. The Balaban J connectivity index is 1.89. The number of alkyl halides is 2. The van der Waals surface area contributed by atoms with E-state index in [1.54, 1.807) is 17.0 Å². The first-order chi connectivity index (χ1) is 9.34. The molecule has 4 nitrogen and oxygen atoms in total. The van der Waals surface area contributed by atoms with Crippen LogP contribution in [0.15, 0.2) is 29.2 Å². The summed E-state index contributed by atoms with van der Waals surface area (Å²) < 4.78 is 48.8. The molecule has 1 heterocycles. The number of benzene rings is 1. The third-order valence-electron chi connectivity index (χ3n) is 4.11. The SMILES string of the molecule is NC1(C2CC2)CN(c2ccccc2S(=O)(=O)C(F)F)C1. The highest BCUT2D eigenvalue weighted by Gasteiger charge is 2.51. The van der Waals surface area contributed by atoms with Gasteiger partial charge in [0.25, 0.3) is 0 Å². The quantitative estimate of drug-likeness (QED) is 0.918. The van der Waals surface area contributed by atoms with Crippen LogP contribution in [-0.2, 0) is 9.84 Å². The van der Waals surface area contributed by atoms with Gasteiger partial charge in [0.05, 0.1) is 16.1 Å². The van der Waals surface area contributed by atoms with Crippen molar-refractivity contribution >= 4 is 15.5 Å². The fraction of sp³-hybridized carbons (Fsp3) is 0.538. The summed E-state index contributed by atoms with van der Waals surface area (Å²) in [6.07, 6.45) is 2.20. The minimum atomic E-state index is -4.59. The number of rotatable bonds is 4. The van der Waals surface area contributed by atoms with Gasteiger partial charge in [-0.2, -0.15) is 8.78 Å². The van der Waals surface area contributed by atoms with Crippen molar-refractivity contribution < 1.29 is 17.2 Å². The van der Waals surface area contributed by atoms with Gasteiger partial charge in [-0.05, 0) is 30.9 Å². The molecule has 7 heteroatoms. The highest BCUT2D eigenvalue weighted by atomic mass is 32.2. The molecule has 3 rings (SSSR count). The van der Waals surface area contributed by atoms with Crippen LogP contribution in [0, 0.1) is 5.92 Å². The van der Waals surface area contributed by atoms with Gasteiger partial charge >= 0.3 is 5.76 Å². The first-order valence-corrected chi connectivity index (χ1v) is 8.04. The van der Waals surface area contributed by atoms with Gasteiger partial charge < -0.3 is 10.6 Å². The Hall–Kier alpha value is -1.21. The van der Waals surface area contributed by atoms with Gasteiger partial charge in [-0.1, -0.05) is 12.1 Å². The number of sulfone groups is 1. The molecule has 0 unspecified atom stereocenters. The van der Waals surface area contributed by atoms with E-state index in [2.05, 4.69) is 0 Å². The molecule has 110 valence electrons. The molecule has 1 saturated heterocycles. The molecular formula is C13H16F2N2O2S. The molecule has 1 aromatic carbocycles. The highest BCUT2D eigenvalue weighted by Crippen LogP contribution is 2.45. The lowest BCUT2D eigenvalue weighted by Crippen LogP contribution is -2.69. The van der Waals surface area contributed by atoms with Gasteiger partial charge in [-0.15, -0.1) is 0 Å². The van der Waals surface area contributed by atoms with E-state index in [4.69, 9.17) is 5.73 Å². The molecule has 20 heavy (non-hydrogen) atoms. The molecule has 0 radical (unpaired) electrons. The van der Waals surface area contributed by atoms with Gasteiger partial charge in [0.2, 0.25) is 9.84 Å². The summed E-state index contributed by atoms with van der Waals surface area (Å²) >= 11 is 0. The third kappa shape index (κ3) is 2.09. The minimum Gasteiger partial charge on any atom is -0.367 e. The number of hydrogen-bond donors (Lipinski definition) is 1. The first-order valence-electron chi connectivity index (χ1n) is 6.49. The predicted molar refractivity (Wildman–Crippen MR) is 71.5 cm³/mol. The van der Waals surface area contributed by atoms with Crippen LogP contribution in [-0.4, -0.2) is 32.8 Å². The molecule has 2 N–H and O–H groups in total. The Bertz CT molecular complexity index is 623. The normalized spacial score (nSPS) is 21.9. The molecule has 1 aromatic rings. The molecule has 0 aromatic heterocycles. The van der Waals surface area contributed by atoms with Crippen molar-refractivity contribution in [2.45, 2.75) is 29.0 Å². The van der Waals surface area contributed by atoms with Crippen molar-refractivity contribution in [1.29, 1.82) is 0 Å². The topological polar surface area (TPSA) is 63.4 Å². The lowest BCUT2D eigenvalue weighted by Gasteiger charge is -2.50. The summed E-state index contributed by atoms with van der Waals surface area (Å²) in [5.41, 5.74) is 6.25. The molecule has 1 saturated carbocycles. The van der Waals surface area contributed by atoms with Crippen LogP contribution >= 0.6 is 0 Å². The Morgan fingerprint density at radius 2 is 1.85 bits per heavy atom. The monoisotopic (exact) mass is 302 g/mol. The van der Waals surface area contributed by atoms with E-state index in [1.807, 2.05) is 0 Å². The molecular weight excluding hydrogens is 286 g/mol. The standard InChI is InChI=1S/C13H16F2N2O2S/c14-12(15)20(18,19)11-4-2-1-3-10(11)17-7-13(16,8-17)9-5-6-9/h1-4,9,12H,5-8,16H2. The van der Waals surface area contributed by atoms with Crippen LogP contribution in [0.4, 0.5) is 14.5 Å². The van der Waals surface area contributed by atoms with Crippen LogP contribution in [0.25, 0.3) is 0 Å². The smallest absolute Gasteiger partial charge is 0.341 e. The maximum Gasteiger partial charge on any atom is 0.341 e. The maximum absolute atomic E-state index is 12.7. The second kappa shape index (κ2) is 4.39. The van der Waals surface area contributed by atoms with Gasteiger partial charge in [0.15, 0.2) is 0 Å². The van der Waals surface area contributed by atoms with Crippen molar-refractivity contribution in [3.05, 3.63) is 24.3 Å². The molecule has 1 aliphatic carbocycles. The number of halogens is 2. The number of anilines is 1. The third-order valence-corrected chi connectivity index (χ3v) is 5.54. The van der Waals surface area contributed by atoms with Crippen LogP contribution in [0.2, 0.25) is 0 Å². The summed E-state index contributed by atoms with van der Waals surface area (Å²) in [5.74, 6) is -2.92. The number of nitrogens with zero attached hydrogens (tertiary/aromatic N) is 1. The second-order valence-corrected chi connectivity index (χ2v) is 7.52. The summed E-state index contributed by atoms with van der Waals surface area (Å²) in [6.45, 7) is 1.04. The second-order valence-electron chi connectivity index (χ2n) is 5.64. The molecule has 2 aliphatic rings. The van der Waals surface area contributed by atoms with Crippen LogP contribution in [0.5, 0.6) is 0 Å². The van der Waals surface area contributed by atoms with Crippen molar-refractivity contribution in [3.8, 4) is 0 Å². The van der Waals surface area contributed by atoms with Gasteiger partial charge in [0.1, 0.15) is 0 Å². The molecule has 2 fully saturated rings. The average molecular weight is 302 g/mol. The Morgan fingerprint density at radius 3 is 2.40 bits per heavy atom. The Labute approximate surface area is 116 Å². The summed E-state index contributed by atoms with van der Waals surface area (Å²) in [6, 6.07) is 5.88. The zero-order chi connectivity index (χ0) is 14.5. The number of para-hydroxylation sites is 1. The van der Waals surface area contributed by atoms with Crippen LogP contribution < -0.4 is 10.6 Å². The fourth-order valence-electron chi connectivity index (χ4n) is 2.81. The van der Waals surface area contributed by atoms with Crippen molar-refractivity contribution in [3.63, 3.8) is 0 Å². The van der Waals surface area contributed by atoms with E-state index in [0.29, 0.717) is 24.7 Å². The fourth-order valence-corrected chi connectivity index (χ4v) is 3.76.